The molecule has 92 valence electrons. The Morgan fingerprint density at radius 2 is 2.35 bits per heavy atom. The molecule has 3 nitrogen and oxygen atoms in total. The summed E-state index contributed by atoms with van der Waals surface area (Å²) in [5.74, 6) is -0.293. The summed E-state index contributed by atoms with van der Waals surface area (Å²) in [7, 11) is 0. The van der Waals surface area contributed by atoms with Crippen LogP contribution >= 0.6 is 15.9 Å². The molecule has 0 saturated carbocycles. The summed E-state index contributed by atoms with van der Waals surface area (Å²) in [6, 6.07) is 5.82. The third-order valence-corrected chi connectivity index (χ3v) is 3.92. The van der Waals surface area contributed by atoms with Crippen molar-refractivity contribution in [2.75, 3.05) is 6.61 Å². The van der Waals surface area contributed by atoms with Crippen LogP contribution in [0.5, 0.6) is 5.75 Å². The molecule has 1 N–H and O–H groups in total. The molecule has 1 aromatic carbocycles. The fourth-order valence-corrected chi connectivity index (χ4v) is 2.79. The Morgan fingerprint density at radius 3 is 3.06 bits per heavy atom. The van der Waals surface area contributed by atoms with Crippen LogP contribution in [0.2, 0.25) is 0 Å². The van der Waals surface area contributed by atoms with E-state index in [1.165, 1.54) is 0 Å². The van der Waals surface area contributed by atoms with Crippen LogP contribution in [0.4, 0.5) is 0 Å². The molecule has 0 fully saturated rings. The third-order valence-electron chi connectivity index (χ3n) is 3.30. The summed E-state index contributed by atoms with van der Waals surface area (Å²) >= 11 is 3.46. The SMILES string of the molecule is CC(C(=O)O)C1CCCOc2c(Br)cccc21. The van der Waals surface area contributed by atoms with Gasteiger partial charge in [-0.1, -0.05) is 19.1 Å². The zero-order valence-electron chi connectivity index (χ0n) is 9.65. The number of carbonyl (C=O) groups is 1. The number of ether oxygens (including phenoxy) is 1. The minimum atomic E-state index is -0.747. The van der Waals surface area contributed by atoms with Crippen molar-refractivity contribution in [2.24, 2.45) is 5.92 Å². The van der Waals surface area contributed by atoms with Crippen molar-refractivity contribution < 1.29 is 14.6 Å². The van der Waals surface area contributed by atoms with E-state index in [0.717, 1.165) is 28.6 Å². The molecule has 0 amide bonds. The van der Waals surface area contributed by atoms with Crippen molar-refractivity contribution in [3.8, 4) is 5.75 Å². The number of rotatable bonds is 2. The lowest BCUT2D eigenvalue weighted by Crippen LogP contribution is -2.18. The minimum absolute atomic E-state index is 0.0301. The lowest BCUT2D eigenvalue weighted by atomic mass is 9.84. The Labute approximate surface area is 109 Å². The number of aliphatic carboxylic acids is 1. The molecule has 1 heterocycles. The Balaban J connectivity index is 2.43. The van der Waals surface area contributed by atoms with E-state index >= 15 is 0 Å². The molecule has 1 aliphatic rings. The Morgan fingerprint density at radius 1 is 1.59 bits per heavy atom. The zero-order chi connectivity index (χ0) is 12.4. The lowest BCUT2D eigenvalue weighted by Gasteiger charge is -2.20. The molecular formula is C13H15BrO3. The van der Waals surface area contributed by atoms with E-state index in [1.807, 2.05) is 18.2 Å². The van der Waals surface area contributed by atoms with Crippen LogP contribution in [0.25, 0.3) is 0 Å². The van der Waals surface area contributed by atoms with Crippen LogP contribution in [0.1, 0.15) is 31.2 Å². The number of carboxylic acids is 1. The highest BCUT2D eigenvalue weighted by molar-refractivity contribution is 9.10. The average Bonchev–Trinajstić information content (AvgIpc) is 2.51. The summed E-state index contributed by atoms with van der Waals surface area (Å²) in [4.78, 5) is 11.2. The summed E-state index contributed by atoms with van der Waals surface area (Å²) in [5.41, 5.74) is 1.01. The molecule has 0 aromatic heterocycles. The van der Waals surface area contributed by atoms with Crippen LogP contribution in [0, 0.1) is 5.92 Å². The number of fused-ring (bicyclic) bond motifs is 1. The first-order chi connectivity index (χ1) is 8.11. The van der Waals surface area contributed by atoms with Gasteiger partial charge in [0.05, 0.1) is 17.0 Å². The first-order valence-electron chi connectivity index (χ1n) is 5.75. The van der Waals surface area contributed by atoms with Gasteiger partial charge in [0, 0.05) is 5.92 Å². The maximum absolute atomic E-state index is 11.2. The monoisotopic (exact) mass is 298 g/mol. The molecule has 1 aliphatic heterocycles. The highest BCUT2D eigenvalue weighted by Crippen LogP contribution is 2.41. The molecule has 0 saturated heterocycles. The number of hydrogen-bond acceptors (Lipinski definition) is 2. The predicted molar refractivity (Wildman–Crippen MR) is 68.4 cm³/mol. The standard InChI is InChI=1S/C13H15BrO3/c1-8(13(15)16)9-5-3-7-17-12-10(9)4-2-6-11(12)14/h2,4,6,8-9H,3,5,7H2,1H3,(H,15,16). The maximum atomic E-state index is 11.2. The largest absolute Gasteiger partial charge is 0.492 e. The van der Waals surface area contributed by atoms with E-state index in [1.54, 1.807) is 6.92 Å². The topological polar surface area (TPSA) is 46.5 Å². The fourth-order valence-electron chi connectivity index (χ4n) is 2.29. The number of hydrogen-bond donors (Lipinski definition) is 1. The molecular weight excluding hydrogens is 284 g/mol. The molecule has 2 unspecified atom stereocenters. The summed E-state index contributed by atoms with van der Waals surface area (Å²) in [6.45, 7) is 2.42. The Bertz CT molecular complexity index is 431. The summed E-state index contributed by atoms with van der Waals surface area (Å²) < 4.78 is 6.60. The van der Waals surface area contributed by atoms with Gasteiger partial charge in [0.25, 0.3) is 0 Å². The quantitative estimate of drug-likeness (QED) is 0.910. The van der Waals surface area contributed by atoms with Gasteiger partial charge in [0.2, 0.25) is 0 Å². The van der Waals surface area contributed by atoms with Crippen LogP contribution in [0.15, 0.2) is 22.7 Å². The number of halogens is 1. The molecule has 4 heteroatoms. The maximum Gasteiger partial charge on any atom is 0.306 e. The van der Waals surface area contributed by atoms with Crippen molar-refractivity contribution in [3.63, 3.8) is 0 Å². The molecule has 0 aliphatic carbocycles. The first kappa shape index (κ1) is 12.4. The summed E-state index contributed by atoms with van der Waals surface area (Å²) in [5, 5.41) is 9.17. The smallest absolute Gasteiger partial charge is 0.306 e. The summed E-state index contributed by atoms with van der Waals surface area (Å²) in [6.07, 6.45) is 1.75. The van der Waals surface area contributed by atoms with Gasteiger partial charge in [-0.15, -0.1) is 0 Å². The van der Waals surface area contributed by atoms with E-state index < -0.39 is 5.97 Å². The van der Waals surface area contributed by atoms with Gasteiger partial charge in [-0.05, 0) is 40.4 Å². The Kier molecular flexibility index (Phi) is 3.72. The molecule has 2 atom stereocenters. The third kappa shape index (κ3) is 2.46. The van der Waals surface area contributed by atoms with Gasteiger partial charge in [-0.2, -0.15) is 0 Å². The second-order valence-corrected chi connectivity index (χ2v) is 5.24. The fraction of sp³-hybridized carbons (Fsp3) is 0.462. The van der Waals surface area contributed by atoms with E-state index in [0.29, 0.717) is 6.61 Å². The van der Waals surface area contributed by atoms with Crippen molar-refractivity contribution in [1.82, 2.24) is 0 Å². The van der Waals surface area contributed by atoms with Gasteiger partial charge in [0.15, 0.2) is 0 Å². The second kappa shape index (κ2) is 5.08. The van der Waals surface area contributed by atoms with Gasteiger partial charge in [0.1, 0.15) is 5.75 Å². The second-order valence-electron chi connectivity index (χ2n) is 4.38. The highest BCUT2D eigenvalue weighted by atomic mass is 79.9. The van der Waals surface area contributed by atoms with Gasteiger partial charge in [-0.25, -0.2) is 0 Å². The van der Waals surface area contributed by atoms with Gasteiger partial charge in [-0.3, -0.25) is 4.79 Å². The van der Waals surface area contributed by atoms with E-state index in [9.17, 15) is 4.79 Å². The van der Waals surface area contributed by atoms with Gasteiger partial charge >= 0.3 is 5.97 Å². The lowest BCUT2D eigenvalue weighted by molar-refractivity contribution is -0.141. The zero-order valence-corrected chi connectivity index (χ0v) is 11.2. The predicted octanol–water partition coefficient (Wildman–Crippen LogP) is 3.43. The first-order valence-corrected chi connectivity index (χ1v) is 6.54. The van der Waals surface area contributed by atoms with E-state index in [4.69, 9.17) is 9.84 Å². The Hall–Kier alpha value is -1.03. The number of benzene rings is 1. The normalized spacial score (nSPS) is 20.9. The van der Waals surface area contributed by atoms with Crippen LogP contribution in [0.3, 0.4) is 0 Å². The average molecular weight is 299 g/mol. The molecule has 2 rings (SSSR count). The van der Waals surface area contributed by atoms with Crippen molar-refractivity contribution in [1.29, 1.82) is 0 Å². The molecule has 0 radical (unpaired) electrons. The van der Waals surface area contributed by atoms with Crippen LogP contribution in [-0.2, 0) is 4.79 Å². The van der Waals surface area contributed by atoms with Crippen LogP contribution < -0.4 is 4.74 Å². The molecule has 1 aromatic rings. The van der Waals surface area contributed by atoms with Crippen molar-refractivity contribution >= 4 is 21.9 Å². The van der Waals surface area contributed by atoms with E-state index in [-0.39, 0.29) is 11.8 Å². The van der Waals surface area contributed by atoms with Crippen LogP contribution in [-0.4, -0.2) is 17.7 Å². The van der Waals surface area contributed by atoms with Crippen molar-refractivity contribution in [3.05, 3.63) is 28.2 Å². The molecule has 0 bridgehead atoms. The molecule has 0 spiro atoms. The van der Waals surface area contributed by atoms with E-state index in [2.05, 4.69) is 15.9 Å². The molecule has 17 heavy (non-hydrogen) atoms. The highest BCUT2D eigenvalue weighted by Gasteiger charge is 2.29. The number of para-hydroxylation sites is 1. The number of carboxylic acid groups (broad SMARTS) is 1. The van der Waals surface area contributed by atoms with Crippen molar-refractivity contribution in [2.45, 2.75) is 25.7 Å². The minimum Gasteiger partial charge on any atom is -0.492 e. The van der Waals surface area contributed by atoms with Gasteiger partial charge < -0.3 is 9.84 Å².